The van der Waals surface area contributed by atoms with Crippen LogP contribution >= 0.6 is 0 Å². The lowest BCUT2D eigenvalue weighted by molar-refractivity contribution is 0.122. The second kappa shape index (κ2) is 7.84. The van der Waals surface area contributed by atoms with Crippen LogP contribution in [0.4, 0.5) is 10.2 Å². The van der Waals surface area contributed by atoms with Crippen LogP contribution in [0.3, 0.4) is 0 Å². The number of likely N-dealkylation sites (tertiary alicyclic amines) is 1. The summed E-state index contributed by atoms with van der Waals surface area (Å²) in [5.41, 5.74) is 3.10. The van der Waals surface area contributed by atoms with Crippen molar-refractivity contribution in [3.63, 3.8) is 0 Å². The quantitative estimate of drug-likeness (QED) is 0.695. The molecule has 5 rings (SSSR count). The SMILES string of the molecule is CCN1CC[C@H](c2cc3c(cnn3-c3cc(N4CC(O)C4)nc(C)n3)cc2C)[C@H](F)C1. The smallest absolute Gasteiger partial charge is 0.159 e. The van der Waals surface area contributed by atoms with Gasteiger partial charge in [-0.25, -0.2) is 19.0 Å². The summed E-state index contributed by atoms with van der Waals surface area (Å²) in [7, 11) is 0. The number of halogens is 1. The fraction of sp³-hybridized carbons (Fsp3) is 0.522. The van der Waals surface area contributed by atoms with Crippen molar-refractivity contribution in [2.45, 2.75) is 45.4 Å². The fourth-order valence-electron chi connectivity index (χ4n) is 4.84. The molecule has 4 heterocycles. The molecule has 0 radical (unpaired) electrons. The van der Waals surface area contributed by atoms with Gasteiger partial charge in [-0.1, -0.05) is 6.92 Å². The number of benzene rings is 1. The van der Waals surface area contributed by atoms with Crippen LogP contribution in [-0.4, -0.2) is 74.8 Å². The molecule has 0 spiro atoms. The van der Waals surface area contributed by atoms with E-state index in [1.807, 2.05) is 28.8 Å². The Kier molecular flexibility index (Phi) is 5.14. The van der Waals surface area contributed by atoms with Crippen molar-refractivity contribution in [3.05, 3.63) is 41.3 Å². The second-order valence-electron chi connectivity index (χ2n) is 8.82. The van der Waals surface area contributed by atoms with Crippen LogP contribution in [0.15, 0.2) is 24.4 Å². The Bertz CT molecular complexity index is 1110. The molecule has 164 valence electrons. The number of fused-ring (bicyclic) bond motifs is 1. The van der Waals surface area contributed by atoms with Crippen molar-refractivity contribution in [1.29, 1.82) is 0 Å². The van der Waals surface area contributed by atoms with E-state index in [-0.39, 0.29) is 12.0 Å². The third kappa shape index (κ3) is 3.68. The van der Waals surface area contributed by atoms with Crippen LogP contribution in [0, 0.1) is 13.8 Å². The van der Waals surface area contributed by atoms with Crippen molar-refractivity contribution < 1.29 is 9.50 Å². The molecule has 1 N–H and O–H groups in total. The Hall–Kier alpha value is -2.58. The maximum absolute atomic E-state index is 15.1. The summed E-state index contributed by atoms with van der Waals surface area (Å²) in [5.74, 6) is 2.03. The Morgan fingerprint density at radius 3 is 2.58 bits per heavy atom. The average molecular weight is 425 g/mol. The summed E-state index contributed by atoms with van der Waals surface area (Å²) in [4.78, 5) is 13.3. The zero-order valence-corrected chi connectivity index (χ0v) is 18.3. The minimum atomic E-state index is -0.869. The number of hydrogen-bond donors (Lipinski definition) is 1. The lowest BCUT2D eigenvalue weighted by atomic mass is 9.85. The molecule has 2 saturated heterocycles. The van der Waals surface area contributed by atoms with Gasteiger partial charge in [0.05, 0.1) is 17.8 Å². The number of nitrogens with zero attached hydrogens (tertiary/aromatic N) is 6. The maximum atomic E-state index is 15.1. The highest BCUT2D eigenvalue weighted by molar-refractivity contribution is 5.82. The topological polar surface area (TPSA) is 70.3 Å². The van der Waals surface area contributed by atoms with Crippen LogP contribution < -0.4 is 4.90 Å². The number of alkyl halides is 1. The molecule has 2 atom stereocenters. The number of piperidine rings is 1. The molecular weight excluding hydrogens is 395 g/mol. The largest absolute Gasteiger partial charge is 0.389 e. The highest BCUT2D eigenvalue weighted by atomic mass is 19.1. The summed E-state index contributed by atoms with van der Waals surface area (Å²) < 4.78 is 16.9. The van der Waals surface area contributed by atoms with E-state index in [1.165, 1.54) is 0 Å². The van der Waals surface area contributed by atoms with Crippen LogP contribution in [-0.2, 0) is 0 Å². The van der Waals surface area contributed by atoms with Crippen molar-refractivity contribution >= 4 is 16.7 Å². The molecule has 0 amide bonds. The van der Waals surface area contributed by atoms with Gasteiger partial charge < -0.3 is 14.9 Å². The van der Waals surface area contributed by atoms with E-state index in [4.69, 9.17) is 0 Å². The number of anilines is 1. The fourth-order valence-corrected chi connectivity index (χ4v) is 4.84. The Labute approximate surface area is 181 Å². The van der Waals surface area contributed by atoms with Gasteiger partial charge in [0.1, 0.15) is 17.8 Å². The highest BCUT2D eigenvalue weighted by Gasteiger charge is 2.31. The zero-order chi connectivity index (χ0) is 21.7. The molecule has 2 aromatic heterocycles. The molecule has 0 saturated carbocycles. The van der Waals surface area contributed by atoms with E-state index in [0.29, 0.717) is 31.3 Å². The Morgan fingerprint density at radius 1 is 1.10 bits per heavy atom. The molecule has 3 aromatic rings. The van der Waals surface area contributed by atoms with Gasteiger partial charge >= 0.3 is 0 Å². The molecule has 31 heavy (non-hydrogen) atoms. The zero-order valence-electron chi connectivity index (χ0n) is 18.3. The first-order valence-corrected chi connectivity index (χ1v) is 11.1. The van der Waals surface area contributed by atoms with E-state index in [1.54, 1.807) is 0 Å². The van der Waals surface area contributed by atoms with Gasteiger partial charge in [0.25, 0.3) is 0 Å². The van der Waals surface area contributed by atoms with Crippen molar-refractivity contribution in [2.24, 2.45) is 0 Å². The van der Waals surface area contributed by atoms with Crippen LogP contribution in [0.2, 0.25) is 0 Å². The van der Waals surface area contributed by atoms with Crippen molar-refractivity contribution in [3.8, 4) is 5.82 Å². The molecule has 7 nitrogen and oxygen atoms in total. The number of aromatic nitrogens is 4. The summed E-state index contributed by atoms with van der Waals surface area (Å²) in [6.07, 6.45) is 1.49. The molecule has 1 aromatic carbocycles. The van der Waals surface area contributed by atoms with Crippen molar-refractivity contribution in [1.82, 2.24) is 24.6 Å². The normalized spacial score (nSPS) is 22.8. The third-order valence-electron chi connectivity index (χ3n) is 6.64. The average Bonchev–Trinajstić information content (AvgIpc) is 3.13. The number of β-amino-alcohol motifs (C(OH)–C–C–N with tert-alkyl or cyclic N) is 1. The molecule has 2 aliphatic rings. The lowest BCUT2D eigenvalue weighted by Crippen LogP contribution is -2.51. The summed E-state index contributed by atoms with van der Waals surface area (Å²) in [6, 6.07) is 6.11. The van der Waals surface area contributed by atoms with E-state index in [2.05, 4.69) is 45.9 Å². The third-order valence-corrected chi connectivity index (χ3v) is 6.64. The summed E-state index contributed by atoms with van der Waals surface area (Å²) >= 11 is 0. The van der Waals surface area contributed by atoms with Crippen LogP contribution in [0.5, 0.6) is 0 Å². The van der Waals surface area contributed by atoms with E-state index >= 15 is 4.39 Å². The molecule has 0 bridgehead atoms. The predicted molar refractivity (Wildman–Crippen MR) is 119 cm³/mol. The first kappa shape index (κ1) is 20.3. The molecule has 0 unspecified atom stereocenters. The molecule has 2 aliphatic heterocycles. The standard InChI is InChI=1S/C23H29FN6O/c1-4-28-6-5-18(20(24)13-28)19-8-21-16(7-14(19)2)10-25-30(21)23-9-22(26-15(3)27-23)29-11-17(31)12-29/h7-10,17-18,20,31H,4-6,11-13H2,1-3H3/t18-,20-/m1/s1. The van der Waals surface area contributed by atoms with Crippen molar-refractivity contribution in [2.75, 3.05) is 37.6 Å². The molecular formula is C23H29FN6O. The minimum absolute atomic E-state index is 0.0965. The van der Waals surface area contributed by atoms with Crippen LogP contribution in [0.25, 0.3) is 16.7 Å². The van der Waals surface area contributed by atoms with Gasteiger partial charge in [0.15, 0.2) is 5.82 Å². The first-order chi connectivity index (χ1) is 14.9. The Balaban J connectivity index is 1.53. The van der Waals surface area contributed by atoms with E-state index in [9.17, 15) is 5.11 Å². The monoisotopic (exact) mass is 424 g/mol. The maximum Gasteiger partial charge on any atom is 0.159 e. The van der Waals surface area contributed by atoms with Gasteiger partial charge in [-0.15, -0.1) is 0 Å². The van der Waals surface area contributed by atoms with Gasteiger partial charge in [-0.3, -0.25) is 0 Å². The molecule has 8 heteroatoms. The molecule has 0 aliphatic carbocycles. The number of hydrogen-bond acceptors (Lipinski definition) is 6. The van der Waals surface area contributed by atoms with Crippen LogP contribution in [0.1, 0.15) is 36.2 Å². The second-order valence-corrected chi connectivity index (χ2v) is 8.82. The van der Waals surface area contributed by atoms with E-state index < -0.39 is 6.17 Å². The molecule has 2 fully saturated rings. The summed E-state index contributed by atoms with van der Waals surface area (Å²) in [6.45, 7) is 9.47. The number of rotatable bonds is 4. The number of aryl methyl sites for hydroxylation is 2. The number of aliphatic hydroxyl groups excluding tert-OH is 1. The van der Waals surface area contributed by atoms with Gasteiger partial charge in [0, 0.05) is 37.0 Å². The first-order valence-electron chi connectivity index (χ1n) is 11.1. The number of aliphatic hydroxyl groups is 1. The predicted octanol–water partition coefficient (Wildman–Crippen LogP) is 2.76. The van der Waals surface area contributed by atoms with Gasteiger partial charge in [-0.2, -0.15) is 5.10 Å². The highest BCUT2D eigenvalue weighted by Crippen LogP contribution is 2.35. The minimum Gasteiger partial charge on any atom is -0.389 e. The summed E-state index contributed by atoms with van der Waals surface area (Å²) in [5, 5.41) is 15.2. The van der Waals surface area contributed by atoms with Gasteiger partial charge in [0.2, 0.25) is 0 Å². The lowest BCUT2D eigenvalue weighted by Gasteiger charge is -2.37. The Morgan fingerprint density at radius 2 is 1.87 bits per heavy atom. The van der Waals surface area contributed by atoms with E-state index in [0.717, 1.165) is 47.4 Å². The van der Waals surface area contributed by atoms with Gasteiger partial charge in [-0.05, 0) is 56.6 Å².